The van der Waals surface area contributed by atoms with Crippen molar-refractivity contribution in [3.63, 3.8) is 0 Å². The van der Waals surface area contributed by atoms with E-state index in [0.717, 1.165) is 11.3 Å². The highest BCUT2D eigenvalue weighted by Gasteiger charge is 2.07. The van der Waals surface area contributed by atoms with Gasteiger partial charge in [0.1, 0.15) is 11.6 Å². The molecule has 90 valence electrons. The standard InChI is InChI=1S/C13H15FN2O/c1-10(15-9-12-6-7-16-17-12)8-11-4-2-3-5-13(11)14/h2-7,10,15H,8-9H2,1H3. The van der Waals surface area contributed by atoms with E-state index in [1.54, 1.807) is 12.3 Å². The van der Waals surface area contributed by atoms with Crippen molar-refractivity contribution in [2.45, 2.75) is 25.9 Å². The largest absolute Gasteiger partial charge is 0.360 e. The second kappa shape index (κ2) is 5.59. The van der Waals surface area contributed by atoms with Crippen molar-refractivity contribution in [2.24, 2.45) is 0 Å². The Hall–Kier alpha value is -1.68. The maximum atomic E-state index is 13.4. The number of benzene rings is 1. The zero-order valence-corrected chi connectivity index (χ0v) is 9.69. The molecule has 4 heteroatoms. The summed E-state index contributed by atoms with van der Waals surface area (Å²) in [6.45, 7) is 2.62. The molecule has 0 aliphatic rings. The summed E-state index contributed by atoms with van der Waals surface area (Å²) in [5.41, 5.74) is 0.727. The van der Waals surface area contributed by atoms with E-state index in [1.165, 1.54) is 6.07 Å². The van der Waals surface area contributed by atoms with Crippen LogP contribution in [0.4, 0.5) is 4.39 Å². The van der Waals surface area contributed by atoms with Crippen LogP contribution in [0.15, 0.2) is 41.1 Å². The Bertz CT molecular complexity index is 456. The van der Waals surface area contributed by atoms with E-state index in [1.807, 2.05) is 25.1 Å². The molecule has 0 saturated carbocycles. The van der Waals surface area contributed by atoms with E-state index in [4.69, 9.17) is 4.52 Å². The van der Waals surface area contributed by atoms with Crippen LogP contribution in [0.3, 0.4) is 0 Å². The molecule has 1 aromatic heterocycles. The van der Waals surface area contributed by atoms with Gasteiger partial charge < -0.3 is 9.84 Å². The maximum absolute atomic E-state index is 13.4. The van der Waals surface area contributed by atoms with Gasteiger partial charge in [0.05, 0.1) is 12.7 Å². The molecule has 1 unspecified atom stereocenters. The number of hydrogen-bond donors (Lipinski definition) is 1. The Labute approximate surface area is 99.6 Å². The van der Waals surface area contributed by atoms with Gasteiger partial charge in [0.25, 0.3) is 0 Å². The van der Waals surface area contributed by atoms with Crippen LogP contribution in [0.5, 0.6) is 0 Å². The topological polar surface area (TPSA) is 38.1 Å². The molecule has 0 amide bonds. The van der Waals surface area contributed by atoms with Crippen LogP contribution < -0.4 is 5.32 Å². The SMILES string of the molecule is CC(Cc1ccccc1F)NCc1ccno1. The van der Waals surface area contributed by atoms with Crippen LogP contribution in [0, 0.1) is 5.82 Å². The van der Waals surface area contributed by atoms with Crippen molar-refractivity contribution in [1.82, 2.24) is 10.5 Å². The lowest BCUT2D eigenvalue weighted by Gasteiger charge is -2.13. The number of nitrogens with one attached hydrogen (secondary N) is 1. The number of aromatic nitrogens is 1. The summed E-state index contributed by atoms with van der Waals surface area (Å²) in [6.07, 6.45) is 2.26. The van der Waals surface area contributed by atoms with Gasteiger partial charge in [0.2, 0.25) is 0 Å². The van der Waals surface area contributed by atoms with E-state index in [0.29, 0.717) is 13.0 Å². The predicted octanol–water partition coefficient (Wildman–Crippen LogP) is 2.53. The van der Waals surface area contributed by atoms with Crippen LogP contribution >= 0.6 is 0 Å². The molecule has 1 atom stereocenters. The Morgan fingerprint density at radius 1 is 1.35 bits per heavy atom. The summed E-state index contributed by atoms with van der Waals surface area (Å²) in [6, 6.07) is 8.83. The molecule has 0 radical (unpaired) electrons. The zero-order chi connectivity index (χ0) is 12.1. The fourth-order valence-electron chi connectivity index (χ4n) is 1.67. The molecule has 3 nitrogen and oxygen atoms in total. The van der Waals surface area contributed by atoms with E-state index >= 15 is 0 Å². The molecule has 0 aliphatic heterocycles. The Kier molecular flexibility index (Phi) is 3.88. The molecule has 0 saturated heterocycles. The Balaban J connectivity index is 1.85. The Morgan fingerprint density at radius 2 is 2.18 bits per heavy atom. The number of rotatable bonds is 5. The van der Waals surface area contributed by atoms with Crippen molar-refractivity contribution >= 4 is 0 Å². The van der Waals surface area contributed by atoms with Gasteiger partial charge in [-0.3, -0.25) is 0 Å². The summed E-state index contributed by atoms with van der Waals surface area (Å²) in [4.78, 5) is 0. The highest BCUT2D eigenvalue weighted by molar-refractivity contribution is 5.18. The fourth-order valence-corrected chi connectivity index (χ4v) is 1.67. The lowest BCUT2D eigenvalue weighted by atomic mass is 10.1. The second-order valence-corrected chi connectivity index (χ2v) is 4.06. The predicted molar refractivity (Wildman–Crippen MR) is 62.9 cm³/mol. The number of nitrogens with zero attached hydrogens (tertiary/aromatic N) is 1. The summed E-state index contributed by atoms with van der Waals surface area (Å²) in [5.74, 6) is 0.631. The number of hydrogen-bond acceptors (Lipinski definition) is 3. The first-order valence-electron chi connectivity index (χ1n) is 5.62. The van der Waals surface area contributed by atoms with Gasteiger partial charge in [-0.05, 0) is 25.0 Å². The maximum Gasteiger partial charge on any atom is 0.150 e. The lowest BCUT2D eigenvalue weighted by molar-refractivity contribution is 0.364. The van der Waals surface area contributed by atoms with Crippen LogP contribution in [0.25, 0.3) is 0 Å². The molecule has 0 aliphatic carbocycles. The molecule has 2 aromatic rings. The third kappa shape index (κ3) is 3.39. The Morgan fingerprint density at radius 3 is 2.88 bits per heavy atom. The molecule has 0 bridgehead atoms. The molecular weight excluding hydrogens is 219 g/mol. The van der Waals surface area contributed by atoms with Gasteiger partial charge in [0, 0.05) is 12.1 Å². The van der Waals surface area contributed by atoms with Crippen LogP contribution in [-0.2, 0) is 13.0 Å². The lowest BCUT2D eigenvalue weighted by Crippen LogP contribution is -2.27. The molecule has 1 aromatic carbocycles. The molecule has 1 N–H and O–H groups in total. The van der Waals surface area contributed by atoms with Crippen molar-refractivity contribution in [3.05, 3.63) is 53.7 Å². The first-order valence-corrected chi connectivity index (χ1v) is 5.62. The minimum atomic E-state index is -0.152. The van der Waals surface area contributed by atoms with E-state index in [-0.39, 0.29) is 11.9 Å². The molecule has 17 heavy (non-hydrogen) atoms. The first-order chi connectivity index (χ1) is 8.25. The highest BCUT2D eigenvalue weighted by atomic mass is 19.1. The second-order valence-electron chi connectivity index (χ2n) is 4.06. The van der Waals surface area contributed by atoms with Gasteiger partial charge in [-0.25, -0.2) is 4.39 Å². The monoisotopic (exact) mass is 234 g/mol. The third-order valence-electron chi connectivity index (χ3n) is 2.60. The highest BCUT2D eigenvalue weighted by Crippen LogP contribution is 2.09. The summed E-state index contributed by atoms with van der Waals surface area (Å²) in [5, 5.41) is 6.88. The van der Waals surface area contributed by atoms with Crippen molar-refractivity contribution in [1.29, 1.82) is 0 Å². The third-order valence-corrected chi connectivity index (χ3v) is 2.60. The summed E-state index contributed by atoms with van der Waals surface area (Å²) in [7, 11) is 0. The average Bonchev–Trinajstić information content (AvgIpc) is 2.82. The zero-order valence-electron chi connectivity index (χ0n) is 9.69. The smallest absolute Gasteiger partial charge is 0.150 e. The summed E-state index contributed by atoms with van der Waals surface area (Å²) >= 11 is 0. The quantitative estimate of drug-likeness (QED) is 0.864. The van der Waals surface area contributed by atoms with Crippen molar-refractivity contribution in [2.75, 3.05) is 0 Å². The van der Waals surface area contributed by atoms with E-state index < -0.39 is 0 Å². The van der Waals surface area contributed by atoms with Crippen LogP contribution in [-0.4, -0.2) is 11.2 Å². The first kappa shape index (κ1) is 11.8. The van der Waals surface area contributed by atoms with Gasteiger partial charge in [-0.15, -0.1) is 0 Å². The van der Waals surface area contributed by atoms with Gasteiger partial charge in [0.15, 0.2) is 0 Å². The average molecular weight is 234 g/mol. The molecule has 2 rings (SSSR count). The minimum Gasteiger partial charge on any atom is -0.360 e. The summed E-state index contributed by atoms with van der Waals surface area (Å²) < 4.78 is 18.4. The molecular formula is C13H15FN2O. The normalized spacial score (nSPS) is 12.6. The number of halogens is 1. The van der Waals surface area contributed by atoms with Gasteiger partial charge >= 0.3 is 0 Å². The van der Waals surface area contributed by atoms with Crippen LogP contribution in [0.2, 0.25) is 0 Å². The van der Waals surface area contributed by atoms with Gasteiger partial charge in [-0.1, -0.05) is 23.4 Å². The van der Waals surface area contributed by atoms with Crippen molar-refractivity contribution in [3.8, 4) is 0 Å². The van der Waals surface area contributed by atoms with Crippen LogP contribution in [0.1, 0.15) is 18.2 Å². The fraction of sp³-hybridized carbons (Fsp3) is 0.308. The molecule has 1 heterocycles. The van der Waals surface area contributed by atoms with E-state index in [9.17, 15) is 4.39 Å². The van der Waals surface area contributed by atoms with Crippen molar-refractivity contribution < 1.29 is 8.91 Å². The molecule has 0 fully saturated rings. The molecule has 0 spiro atoms. The van der Waals surface area contributed by atoms with E-state index in [2.05, 4.69) is 10.5 Å². The van der Waals surface area contributed by atoms with Gasteiger partial charge in [-0.2, -0.15) is 0 Å². The minimum absolute atomic E-state index is 0.152.